The maximum absolute atomic E-state index is 5.42. The van der Waals surface area contributed by atoms with Crippen LogP contribution in [0.2, 0.25) is 0 Å². The van der Waals surface area contributed by atoms with Gasteiger partial charge in [0.05, 0.1) is 5.69 Å². The van der Waals surface area contributed by atoms with Crippen LogP contribution in [0.25, 0.3) is 0 Å². The molecular formula is C10H20N4O. The normalized spacial score (nSPS) is 10.8. The summed E-state index contributed by atoms with van der Waals surface area (Å²) in [5.74, 6) is 0. The molecule has 0 saturated heterocycles. The lowest BCUT2D eigenvalue weighted by Crippen LogP contribution is -2.01. The third-order valence-corrected chi connectivity index (χ3v) is 2.21. The summed E-state index contributed by atoms with van der Waals surface area (Å²) >= 11 is 0. The molecule has 0 aliphatic heterocycles. The fourth-order valence-electron chi connectivity index (χ4n) is 1.38. The number of hydrogen-bond donors (Lipinski definition) is 1. The zero-order valence-corrected chi connectivity index (χ0v) is 9.35. The highest BCUT2D eigenvalue weighted by Crippen LogP contribution is 2.00. The number of aryl methyl sites for hydroxylation is 2. The van der Waals surface area contributed by atoms with Crippen LogP contribution in [-0.4, -0.2) is 35.3 Å². The Morgan fingerprint density at radius 1 is 1.40 bits per heavy atom. The van der Waals surface area contributed by atoms with Gasteiger partial charge in [0.2, 0.25) is 0 Å². The molecule has 0 saturated carbocycles. The van der Waals surface area contributed by atoms with Crippen molar-refractivity contribution < 1.29 is 4.74 Å². The molecule has 0 spiro atoms. The van der Waals surface area contributed by atoms with Crippen molar-refractivity contribution >= 4 is 0 Å². The lowest BCUT2D eigenvalue weighted by molar-refractivity contribution is 0.188. The first-order valence-electron chi connectivity index (χ1n) is 5.45. The van der Waals surface area contributed by atoms with Crippen LogP contribution in [0.1, 0.15) is 25.0 Å². The van der Waals surface area contributed by atoms with Gasteiger partial charge in [-0.05, 0) is 32.2 Å². The lowest BCUT2D eigenvalue weighted by Gasteiger charge is -1.98. The maximum atomic E-state index is 5.42. The van der Waals surface area contributed by atoms with E-state index in [0.717, 1.165) is 51.1 Å². The Labute approximate surface area is 90.6 Å². The highest BCUT2D eigenvalue weighted by molar-refractivity contribution is 4.92. The van der Waals surface area contributed by atoms with E-state index in [2.05, 4.69) is 10.3 Å². The van der Waals surface area contributed by atoms with E-state index < -0.39 is 0 Å². The molecular weight excluding hydrogens is 192 g/mol. The predicted octanol–water partition coefficient (Wildman–Crippen LogP) is 0.596. The number of methoxy groups -OCH3 is 1. The molecule has 1 heterocycles. The van der Waals surface area contributed by atoms with Gasteiger partial charge in [0.1, 0.15) is 0 Å². The number of nitrogens with two attached hydrogens (primary N) is 1. The van der Waals surface area contributed by atoms with E-state index in [1.807, 2.05) is 10.9 Å². The summed E-state index contributed by atoms with van der Waals surface area (Å²) in [7, 11) is 1.71. The van der Waals surface area contributed by atoms with Gasteiger partial charge in [-0.2, -0.15) is 0 Å². The van der Waals surface area contributed by atoms with Gasteiger partial charge >= 0.3 is 0 Å². The summed E-state index contributed by atoms with van der Waals surface area (Å²) in [6.07, 6.45) is 6.10. The number of nitrogens with zero attached hydrogens (tertiary/aromatic N) is 3. The van der Waals surface area contributed by atoms with Crippen LogP contribution >= 0.6 is 0 Å². The van der Waals surface area contributed by atoms with Crippen LogP contribution in [0.5, 0.6) is 0 Å². The molecule has 0 aromatic carbocycles. The van der Waals surface area contributed by atoms with Crippen LogP contribution in [-0.2, 0) is 17.7 Å². The minimum atomic E-state index is 0.752. The molecule has 0 unspecified atom stereocenters. The zero-order valence-electron chi connectivity index (χ0n) is 9.35. The Balaban J connectivity index is 2.23. The summed E-state index contributed by atoms with van der Waals surface area (Å²) in [6.45, 7) is 2.39. The molecule has 5 heteroatoms. The van der Waals surface area contributed by atoms with Gasteiger partial charge in [0, 0.05) is 26.5 Å². The Morgan fingerprint density at radius 3 is 3.00 bits per heavy atom. The Bertz CT molecular complexity index is 237. The number of unbranched alkanes of at least 4 members (excludes halogenated alkanes) is 1. The van der Waals surface area contributed by atoms with Crippen LogP contribution < -0.4 is 5.73 Å². The molecule has 2 N–H and O–H groups in total. The molecule has 0 bridgehead atoms. The lowest BCUT2D eigenvalue weighted by atomic mass is 10.2. The molecule has 0 radical (unpaired) electrons. The molecule has 1 aromatic rings. The quantitative estimate of drug-likeness (QED) is 0.641. The van der Waals surface area contributed by atoms with E-state index in [4.69, 9.17) is 10.5 Å². The molecule has 86 valence electrons. The molecule has 15 heavy (non-hydrogen) atoms. The average Bonchev–Trinajstić information content (AvgIpc) is 2.67. The zero-order chi connectivity index (χ0) is 10.9. The summed E-state index contributed by atoms with van der Waals surface area (Å²) in [6, 6.07) is 0. The van der Waals surface area contributed by atoms with Crippen LogP contribution in [0.4, 0.5) is 0 Å². The van der Waals surface area contributed by atoms with Crippen molar-refractivity contribution in [2.75, 3.05) is 20.3 Å². The average molecular weight is 212 g/mol. The fraction of sp³-hybridized carbons (Fsp3) is 0.800. The third-order valence-electron chi connectivity index (χ3n) is 2.21. The molecule has 0 aliphatic rings. The second-order valence-electron chi connectivity index (χ2n) is 3.57. The van der Waals surface area contributed by atoms with Gasteiger partial charge < -0.3 is 10.5 Å². The number of aromatic nitrogens is 3. The van der Waals surface area contributed by atoms with Crippen LogP contribution in [0.3, 0.4) is 0 Å². The number of ether oxygens (including phenoxy) is 1. The van der Waals surface area contributed by atoms with Gasteiger partial charge in [-0.25, -0.2) is 0 Å². The molecule has 5 nitrogen and oxygen atoms in total. The maximum Gasteiger partial charge on any atom is 0.0827 e. The van der Waals surface area contributed by atoms with E-state index in [-0.39, 0.29) is 0 Å². The Kier molecular flexibility index (Phi) is 5.96. The highest BCUT2D eigenvalue weighted by Gasteiger charge is 1.99. The SMILES string of the molecule is COCCCn1cc(CCCCN)nn1. The fourth-order valence-corrected chi connectivity index (χ4v) is 1.38. The molecule has 0 atom stereocenters. The Morgan fingerprint density at radius 2 is 2.27 bits per heavy atom. The summed E-state index contributed by atoms with van der Waals surface area (Å²) in [4.78, 5) is 0. The predicted molar refractivity (Wildman–Crippen MR) is 58.5 cm³/mol. The number of hydrogen-bond acceptors (Lipinski definition) is 4. The molecule has 1 rings (SSSR count). The summed E-state index contributed by atoms with van der Waals surface area (Å²) < 4.78 is 6.85. The van der Waals surface area contributed by atoms with Gasteiger partial charge in [0.15, 0.2) is 0 Å². The largest absolute Gasteiger partial charge is 0.385 e. The smallest absolute Gasteiger partial charge is 0.0827 e. The van der Waals surface area contributed by atoms with E-state index in [1.54, 1.807) is 7.11 Å². The van der Waals surface area contributed by atoms with Gasteiger partial charge in [-0.15, -0.1) is 5.10 Å². The standard InChI is InChI=1S/C10H20N4O/c1-15-8-4-7-14-9-10(12-13-14)5-2-3-6-11/h9H,2-8,11H2,1H3. The summed E-state index contributed by atoms with van der Waals surface area (Å²) in [5, 5.41) is 8.14. The highest BCUT2D eigenvalue weighted by atomic mass is 16.5. The second-order valence-corrected chi connectivity index (χ2v) is 3.57. The first kappa shape index (κ1) is 12.1. The first-order valence-corrected chi connectivity index (χ1v) is 5.45. The van der Waals surface area contributed by atoms with Gasteiger partial charge in [-0.1, -0.05) is 5.21 Å². The van der Waals surface area contributed by atoms with Crippen molar-refractivity contribution in [3.63, 3.8) is 0 Å². The van der Waals surface area contributed by atoms with Crippen molar-refractivity contribution in [2.45, 2.75) is 32.2 Å². The van der Waals surface area contributed by atoms with Crippen molar-refractivity contribution in [1.29, 1.82) is 0 Å². The van der Waals surface area contributed by atoms with Crippen molar-refractivity contribution in [3.05, 3.63) is 11.9 Å². The Hall–Kier alpha value is -0.940. The molecule has 0 aliphatic carbocycles. The minimum Gasteiger partial charge on any atom is -0.385 e. The first-order chi connectivity index (χ1) is 7.36. The second kappa shape index (κ2) is 7.36. The van der Waals surface area contributed by atoms with Gasteiger partial charge in [-0.3, -0.25) is 4.68 Å². The third kappa shape index (κ3) is 4.90. The van der Waals surface area contributed by atoms with E-state index in [9.17, 15) is 0 Å². The molecule has 1 aromatic heterocycles. The topological polar surface area (TPSA) is 66.0 Å². The van der Waals surface area contributed by atoms with Crippen molar-refractivity contribution in [3.8, 4) is 0 Å². The van der Waals surface area contributed by atoms with E-state index in [1.165, 1.54) is 0 Å². The summed E-state index contributed by atoms with van der Waals surface area (Å²) in [5.41, 5.74) is 6.48. The van der Waals surface area contributed by atoms with Crippen molar-refractivity contribution in [2.24, 2.45) is 5.73 Å². The minimum absolute atomic E-state index is 0.752. The van der Waals surface area contributed by atoms with Crippen LogP contribution in [0.15, 0.2) is 6.20 Å². The van der Waals surface area contributed by atoms with E-state index >= 15 is 0 Å². The molecule has 0 fully saturated rings. The number of rotatable bonds is 8. The monoisotopic (exact) mass is 212 g/mol. The van der Waals surface area contributed by atoms with E-state index in [0.29, 0.717) is 0 Å². The van der Waals surface area contributed by atoms with Gasteiger partial charge in [0.25, 0.3) is 0 Å². The molecule has 0 amide bonds. The van der Waals surface area contributed by atoms with Crippen LogP contribution in [0, 0.1) is 0 Å². The van der Waals surface area contributed by atoms with Crippen molar-refractivity contribution in [1.82, 2.24) is 15.0 Å².